The molecule has 3 aromatic rings. The van der Waals surface area contributed by atoms with Crippen molar-refractivity contribution in [2.75, 3.05) is 38.0 Å². The first-order valence-corrected chi connectivity index (χ1v) is 13.2. The van der Waals surface area contributed by atoms with E-state index in [1.807, 2.05) is 59.2 Å². The second-order valence-corrected chi connectivity index (χ2v) is 9.63. The molecule has 0 spiro atoms. The highest BCUT2D eigenvalue weighted by molar-refractivity contribution is 8.00. The zero-order chi connectivity index (χ0) is 24.1. The Morgan fingerprint density at radius 1 is 1.15 bits per heavy atom. The maximum atomic E-state index is 6.14. The Bertz CT molecular complexity index is 1150. The number of benzene rings is 2. The number of hydrogen-bond donors (Lipinski definition) is 2. The summed E-state index contributed by atoms with van der Waals surface area (Å²) in [5.74, 6) is 3.47. The molecule has 0 saturated heterocycles. The molecular weight excluding hydrogens is 492 g/mol. The van der Waals surface area contributed by atoms with Crippen LogP contribution >= 0.6 is 35.3 Å². The predicted octanol–water partition coefficient (Wildman–Crippen LogP) is 4.97. The minimum atomic E-state index is -0.147. The topological polar surface area (TPSA) is 76.5 Å². The summed E-state index contributed by atoms with van der Waals surface area (Å²) in [7, 11) is 5.22. The normalized spacial score (nSPS) is 15.1. The van der Waals surface area contributed by atoms with Crippen LogP contribution in [0.3, 0.4) is 0 Å². The van der Waals surface area contributed by atoms with Crippen LogP contribution in [0.25, 0.3) is 5.69 Å². The maximum absolute atomic E-state index is 6.14. The van der Waals surface area contributed by atoms with Crippen LogP contribution in [-0.4, -0.2) is 53.0 Å². The lowest BCUT2D eigenvalue weighted by atomic mass is 10.2. The van der Waals surface area contributed by atoms with Crippen LogP contribution in [0.5, 0.6) is 11.5 Å². The molecule has 0 radical (unpaired) electrons. The number of methoxy groups -OCH3 is 2. The van der Waals surface area contributed by atoms with Crippen molar-refractivity contribution in [3.8, 4) is 17.2 Å². The zero-order valence-electron chi connectivity index (χ0n) is 19.4. The Labute approximate surface area is 213 Å². The fourth-order valence-corrected chi connectivity index (χ4v) is 5.30. The number of nitrogens with zero attached hydrogens (tertiary/aromatic N) is 4. The van der Waals surface area contributed by atoms with E-state index in [2.05, 4.69) is 32.7 Å². The van der Waals surface area contributed by atoms with E-state index in [4.69, 9.17) is 21.1 Å². The summed E-state index contributed by atoms with van der Waals surface area (Å²) >= 11 is 9.42. The van der Waals surface area contributed by atoms with Gasteiger partial charge < -0.3 is 14.5 Å². The fraction of sp³-hybridized carbons (Fsp3) is 0.304. The van der Waals surface area contributed by atoms with Crippen LogP contribution in [0.15, 0.2) is 53.6 Å². The number of hydrogen-bond acceptors (Lipinski definition) is 9. The number of halogens is 1. The van der Waals surface area contributed by atoms with Gasteiger partial charge in [-0.05, 0) is 60.5 Å². The van der Waals surface area contributed by atoms with Gasteiger partial charge in [-0.15, -0.1) is 22.0 Å². The van der Waals surface area contributed by atoms with E-state index in [0.29, 0.717) is 23.3 Å². The first-order valence-electron chi connectivity index (χ1n) is 10.6. The molecule has 2 aromatic carbocycles. The van der Waals surface area contributed by atoms with E-state index in [-0.39, 0.29) is 6.04 Å². The molecule has 34 heavy (non-hydrogen) atoms. The van der Waals surface area contributed by atoms with E-state index in [0.717, 1.165) is 22.9 Å². The highest BCUT2D eigenvalue weighted by Gasteiger charge is 2.27. The van der Waals surface area contributed by atoms with Crippen molar-refractivity contribution < 1.29 is 9.47 Å². The first kappa shape index (κ1) is 24.6. The molecule has 1 atom stereocenters. The predicted molar refractivity (Wildman–Crippen MR) is 140 cm³/mol. The molecule has 1 aliphatic heterocycles. The molecule has 4 rings (SSSR count). The Morgan fingerprint density at radius 2 is 1.91 bits per heavy atom. The molecular formula is C23H27ClN6O2S2. The molecule has 8 nitrogen and oxygen atoms in total. The monoisotopic (exact) mass is 518 g/mol. The Kier molecular flexibility index (Phi) is 8.15. The van der Waals surface area contributed by atoms with Gasteiger partial charge in [0.1, 0.15) is 23.2 Å². The summed E-state index contributed by atoms with van der Waals surface area (Å²) in [6, 6.07) is 11.6. The van der Waals surface area contributed by atoms with Gasteiger partial charge in [-0.25, -0.2) is 5.43 Å². The number of para-hydroxylation sites is 1. The van der Waals surface area contributed by atoms with Gasteiger partial charge in [0.05, 0.1) is 14.2 Å². The molecule has 1 aromatic heterocycles. The van der Waals surface area contributed by atoms with Gasteiger partial charge in [-0.2, -0.15) is 0 Å². The number of thioether (sulfide) groups is 1. The van der Waals surface area contributed by atoms with E-state index in [1.54, 1.807) is 37.9 Å². The zero-order valence-corrected chi connectivity index (χ0v) is 21.8. The number of anilines is 1. The Morgan fingerprint density at radius 3 is 2.56 bits per heavy atom. The summed E-state index contributed by atoms with van der Waals surface area (Å²) in [6.45, 7) is 0. The lowest BCUT2D eigenvalue weighted by Crippen LogP contribution is -2.28. The molecule has 2 N–H and O–H groups in total. The molecule has 180 valence electrons. The third-order valence-corrected chi connectivity index (χ3v) is 7.11. The lowest BCUT2D eigenvalue weighted by Gasteiger charge is -2.20. The van der Waals surface area contributed by atoms with Gasteiger partial charge in [0, 0.05) is 28.9 Å². The summed E-state index contributed by atoms with van der Waals surface area (Å²) in [4.78, 5) is 1.19. The largest absolute Gasteiger partial charge is 0.494 e. The van der Waals surface area contributed by atoms with Crippen molar-refractivity contribution in [3.05, 3.63) is 65.1 Å². The van der Waals surface area contributed by atoms with Gasteiger partial charge in [0.15, 0.2) is 5.82 Å². The minimum Gasteiger partial charge on any atom is -0.494 e. The van der Waals surface area contributed by atoms with E-state index in [9.17, 15) is 0 Å². The summed E-state index contributed by atoms with van der Waals surface area (Å²) < 4.78 is 16.7. The molecule has 0 fully saturated rings. The van der Waals surface area contributed by atoms with Crippen LogP contribution in [0.1, 0.15) is 17.4 Å². The third-order valence-electron chi connectivity index (χ3n) is 5.32. The second kappa shape index (κ2) is 11.3. The van der Waals surface area contributed by atoms with Gasteiger partial charge in [-0.1, -0.05) is 23.7 Å². The quantitative estimate of drug-likeness (QED) is 0.220. The number of aromatic nitrogens is 3. The highest BCUT2D eigenvalue weighted by atomic mass is 35.5. The summed E-state index contributed by atoms with van der Waals surface area (Å²) in [5.41, 5.74) is 5.35. The molecule has 0 bridgehead atoms. The maximum Gasteiger partial charge on any atom is 0.239 e. The van der Waals surface area contributed by atoms with Gasteiger partial charge in [0.2, 0.25) is 5.95 Å². The number of rotatable bonds is 10. The third kappa shape index (κ3) is 5.25. The van der Waals surface area contributed by atoms with Crippen LogP contribution in [0.4, 0.5) is 5.95 Å². The van der Waals surface area contributed by atoms with Crippen molar-refractivity contribution in [2.24, 2.45) is 0 Å². The van der Waals surface area contributed by atoms with E-state index < -0.39 is 0 Å². The highest BCUT2D eigenvalue weighted by Crippen LogP contribution is 2.37. The van der Waals surface area contributed by atoms with E-state index in [1.165, 1.54) is 10.5 Å². The Hall–Kier alpha value is -2.53. The molecule has 0 amide bonds. The average Bonchev–Trinajstić information content (AvgIpc) is 3.47. The first-order chi connectivity index (χ1) is 16.5. The number of aryl methyl sites for hydroxylation is 1. The lowest BCUT2D eigenvalue weighted by molar-refractivity contribution is 0.325. The molecule has 11 heteroatoms. The van der Waals surface area contributed by atoms with Crippen molar-refractivity contribution in [1.29, 1.82) is 0 Å². The minimum absolute atomic E-state index is 0.147. The van der Waals surface area contributed by atoms with Gasteiger partial charge in [0.25, 0.3) is 0 Å². The van der Waals surface area contributed by atoms with E-state index >= 15 is 0 Å². The smallest absolute Gasteiger partial charge is 0.239 e. The fourth-order valence-electron chi connectivity index (χ4n) is 3.70. The van der Waals surface area contributed by atoms with Crippen molar-refractivity contribution in [3.63, 3.8) is 0 Å². The van der Waals surface area contributed by atoms with Crippen molar-refractivity contribution >= 4 is 41.3 Å². The van der Waals surface area contributed by atoms with Crippen LogP contribution < -0.4 is 19.6 Å². The number of hydrazine groups is 1. The Balaban J connectivity index is 1.60. The van der Waals surface area contributed by atoms with Gasteiger partial charge >= 0.3 is 0 Å². The molecule has 1 aliphatic rings. The molecule has 2 heterocycles. The molecule has 0 saturated carbocycles. The molecule has 0 aliphatic carbocycles. The second-order valence-electron chi connectivity index (χ2n) is 7.44. The van der Waals surface area contributed by atoms with Crippen LogP contribution in [0.2, 0.25) is 5.02 Å². The summed E-state index contributed by atoms with van der Waals surface area (Å²) in [5, 5.41) is 11.6. The van der Waals surface area contributed by atoms with Gasteiger partial charge in [-0.3, -0.25) is 9.29 Å². The van der Waals surface area contributed by atoms with Crippen molar-refractivity contribution in [2.45, 2.75) is 17.4 Å². The summed E-state index contributed by atoms with van der Waals surface area (Å²) in [6.07, 6.45) is 6.94. The van der Waals surface area contributed by atoms with Crippen LogP contribution in [0, 0.1) is 0 Å². The standard InChI is InChI=1S/C23H27ClN6O2S2/c1-29-12-10-17(27-29)22-25-26-23(30(22)21-18(31-2)6-5-7-19(21)32-3)28-34-13-11-15-8-9-16(24)14-20(15)33-4/h5-10,12,14,17,27H,11,13H2,1-4H3,(H,26,28). The SMILES string of the molecule is COc1cccc(OC)c1-n1c(NSCCc2ccc(Cl)cc2SC)nnc1C1C=CN(C)N1. The van der Waals surface area contributed by atoms with Crippen LogP contribution in [-0.2, 0) is 6.42 Å². The average molecular weight is 519 g/mol. The van der Waals surface area contributed by atoms with Crippen molar-refractivity contribution in [1.82, 2.24) is 25.2 Å². The molecule has 1 unspecified atom stereocenters. The number of ether oxygens (including phenoxy) is 2. The number of nitrogens with one attached hydrogen (secondary N) is 2.